The molecule has 1 fully saturated rings. The first-order valence-electron chi connectivity index (χ1n) is 9.46. The second-order valence-corrected chi connectivity index (χ2v) is 8.75. The van der Waals surface area contributed by atoms with Crippen molar-refractivity contribution in [1.82, 2.24) is 9.62 Å². The number of sulfonamides is 1. The van der Waals surface area contributed by atoms with E-state index < -0.39 is 28.1 Å². The molecule has 166 valence electrons. The molecule has 1 amide bonds. The van der Waals surface area contributed by atoms with Crippen LogP contribution in [0.4, 0.5) is 13.2 Å². The molecule has 1 N–H and O–H groups in total. The highest BCUT2D eigenvalue weighted by molar-refractivity contribution is 7.89. The highest BCUT2D eigenvalue weighted by atomic mass is 32.2. The molecule has 6 nitrogen and oxygen atoms in total. The summed E-state index contributed by atoms with van der Waals surface area (Å²) in [7, 11) is -3.65. The van der Waals surface area contributed by atoms with Crippen molar-refractivity contribution in [3.63, 3.8) is 0 Å². The number of halogens is 3. The van der Waals surface area contributed by atoms with Crippen molar-refractivity contribution in [3.8, 4) is 0 Å². The van der Waals surface area contributed by atoms with Crippen LogP contribution in [0, 0.1) is 0 Å². The van der Waals surface area contributed by atoms with Crippen LogP contribution >= 0.6 is 0 Å². The van der Waals surface area contributed by atoms with E-state index in [1.807, 2.05) is 5.32 Å². The van der Waals surface area contributed by atoms with Crippen LogP contribution in [0.5, 0.6) is 0 Å². The Bertz CT molecular complexity index is 1020. The minimum atomic E-state index is -4.65. The summed E-state index contributed by atoms with van der Waals surface area (Å²) in [5.74, 6) is -0.920. The summed E-state index contributed by atoms with van der Waals surface area (Å²) in [4.78, 5) is 12.2. The molecule has 1 aliphatic rings. The number of hydrogen-bond donors (Lipinski definition) is 1. The Hall–Kier alpha value is -2.69. The van der Waals surface area contributed by atoms with E-state index >= 15 is 0 Å². The molecule has 1 unspecified atom stereocenters. The van der Waals surface area contributed by atoms with E-state index in [0.717, 1.165) is 6.08 Å². The molecule has 2 aromatic rings. The summed E-state index contributed by atoms with van der Waals surface area (Å²) < 4.78 is 71.7. The predicted molar refractivity (Wildman–Crippen MR) is 108 cm³/mol. The van der Waals surface area contributed by atoms with Crippen molar-refractivity contribution < 1.29 is 31.1 Å². The van der Waals surface area contributed by atoms with Crippen LogP contribution in [-0.4, -0.2) is 51.1 Å². The Labute approximate surface area is 178 Å². The summed E-state index contributed by atoms with van der Waals surface area (Å²) in [6.07, 6.45) is -2.35. The quantitative estimate of drug-likeness (QED) is 0.681. The summed E-state index contributed by atoms with van der Waals surface area (Å²) >= 11 is 0. The van der Waals surface area contributed by atoms with Gasteiger partial charge in [-0.2, -0.15) is 17.5 Å². The Morgan fingerprint density at radius 3 is 2.23 bits per heavy atom. The molecule has 1 heterocycles. The number of carbonyl (C=O) groups is 1. The zero-order chi connectivity index (χ0) is 22.5. The monoisotopic (exact) mass is 454 g/mol. The SMILES string of the molecule is O=C(/C=C/c1ccc(S(=O)(=O)N2CCOCC2)cc1)NC(c1ccccc1)C(F)(F)F. The zero-order valence-electron chi connectivity index (χ0n) is 16.4. The van der Waals surface area contributed by atoms with Crippen molar-refractivity contribution >= 4 is 22.0 Å². The van der Waals surface area contributed by atoms with Crippen LogP contribution in [0.25, 0.3) is 6.08 Å². The number of amides is 1. The van der Waals surface area contributed by atoms with Gasteiger partial charge in [-0.15, -0.1) is 0 Å². The third kappa shape index (κ3) is 5.93. The lowest BCUT2D eigenvalue weighted by atomic mass is 10.1. The molecule has 1 aliphatic heterocycles. The molecule has 31 heavy (non-hydrogen) atoms. The van der Waals surface area contributed by atoms with Gasteiger partial charge >= 0.3 is 6.18 Å². The van der Waals surface area contributed by atoms with Gasteiger partial charge in [0.05, 0.1) is 18.1 Å². The van der Waals surface area contributed by atoms with Gasteiger partial charge in [-0.05, 0) is 29.3 Å². The van der Waals surface area contributed by atoms with Crippen molar-refractivity contribution in [3.05, 3.63) is 71.8 Å². The van der Waals surface area contributed by atoms with Gasteiger partial charge in [0.25, 0.3) is 0 Å². The first-order chi connectivity index (χ1) is 14.7. The number of ether oxygens (including phenoxy) is 1. The van der Waals surface area contributed by atoms with E-state index in [-0.39, 0.29) is 23.5 Å². The molecule has 0 aromatic heterocycles. The van der Waals surface area contributed by atoms with Crippen LogP contribution in [0.3, 0.4) is 0 Å². The number of hydrogen-bond acceptors (Lipinski definition) is 4. The highest BCUT2D eigenvalue weighted by Gasteiger charge is 2.41. The largest absolute Gasteiger partial charge is 0.412 e. The van der Waals surface area contributed by atoms with E-state index in [9.17, 15) is 26.4 Å². The Kier molecular flexibility index (Phi) is 7.14. The van der Waals surface area contributed by atoms with Gasteiger partial charge in [-0.25, -0.2) is 8.42 Å². The molecule has 3 rings (SSSR count). The van der Waals surface area contributed by atoms with Gasteiger partial charge < -0.3 is 10.1 Å². The van der Waals surface area contributed by atoms with Gasteiger partial charge in [0.1, 0.15) is 0 Å². The van der Waals surface area contributed by atoms with E-state index in [2.05, 4.69) is 0 Å². The molecule has 0 saturated carbocycles. The van der Waals surface area contributed by atoms with Gasteiger partial charge in [0.15, 0.2) is 6.04 Å². The van der Waals surface area contributed by atoms with E-state index in [1.54, 1.807) is 6.07 Å². The number of alkyl halides is 3. The Morgan fingerprint density at radius 1 is 1.03 bits per heavy atom. The fourth-order valence-corrected chi connectivity index (χ4v) is 4.46. The standard InChI is InChI=1S/C21H21F3N2O4S/c22-21(23,24)20(17-4-2-1-3-5-17)25-19(27)11-8-16-6-9-18(10-7-16)31(28,29)26-12-14-30-15-13-26/h1-11,20H,12-15H2,(H,25,27)/b11-8+. The van der Waals surface area contributed by atoms with Crippen molar-refractivity contribution in [2.24, 2.45) is 0 Å². The molecular formula is C21H21F3N2O4S. The molecule has 0 spiro atoms. The average molecular weight is 454 g/mol. The van der Waals surface area contributed by atoms with Crippen LogP contribution in [0.2, 0.25) is 0 Å². The molecule has 1 saturated heterocycles. The van der Waals surface area contributed by atoms with Crippen molar-refractivity contribution in [2.45, 2.75) is 17.1 Å². The lowest BCUT2D eigenvalue weighted by molar-refractivity contribution is -0.162. The third-order valence-electron chi connectivity index (χ3n) is 4.66. The van der Waals surface area contributed by atoms with E-state index in [4.69, 9.17) is 4.74 Å². The zero-order valence-corrected chi connectivity index (χ0v) is 17.2. The van der Waals surface area contributed by atoms with Gasteiger partial charge in [-0.1, -0.05) is 42.5 Å². The van der Waals surface area contributed by atoms with E-state index in [1.165, 1.54) is 58.9 Å². The number of nitrogens with zero attached hydrogens (tertiary/aromatic N) is 1. The number of rotatable bonds is 6. The number of nitrogens with one attached hydrogen (secondary N) is 1. The summed E-state index contributed by atoms with van der Waals surface area (Å²) in [5.41, 5.74) is 0.397. The minimum absolute atomic E-state index is 0.0746. The maximum Gasteiger partial charge on any atom is 0.412 e. The number of carbonyl (C=O) groups excluding carboxylic acids is 1. The lowest BCUT2D eigenvalue weighted by Gasteiger charge is -2.26. The number of morpholine rings is 1. The fraction of sp³-hybridized carbons (Fsp3) is 0.286. The third-order valence-corrected chi connectivity index (χ3v) is 6.57. The summed E-state index contributed by atoms with van der Waals surface area (Å²) in [5, 5.41) is 1.96. The predicted octanol–water partition coefficient (Wildman–Crippen LogP) is 3.14. The summed E-state index contributed by atoms with van der Waals surface area (Å²) in [6.45, 7) is 1.20. The van der Waals surface area contributed by atoms with E-state index in [0.29, 0.717) is 18.8 Å². The maximum atomic E-state index is 13.3. The van der Waals surface area contributed by atoms with Crippen LogP contribution in [0.1, 0.15) is 17.2 Å². The Morgan fingerprint density at radius 2 is 1.65 bits per heavy atom. The molecular weight excluding hydrogens is 433 g/mol. The van der Waals surface area contributed by atoms with Crippen molar-refractivity contribution in [2.75, 3.05) is 26.3 Å². The first kappa shape index (κ1) is 23.0. The topological polar surface area (TPSA) is 75.7 Å². The second kappa shape index (κ2) is 9.63. The Balaban J connectivity index is 1.68. The molecule has 0 bridgehead atoms. The van der Waals surface area contributed by atoms with Gasteiger partial charge in [0, 0.05) is 19.2 Å². The normalized spacial score (nSPS) is 16.9. The van der Waals surface area contributed by atoms with Crippen LogP contribution in [-0.2, 0) is 19.6 Å². The first-order valence-corrected chi connectivity index (χ1v) is 10.9. The minimum Gasteiger partial charge on any atom is -0.379 e. The van der Waals surface area contributed by atoms with Gasteiger partial charge in [0.2, 0.25) is 15.9 Å². The lowest BCUT2D eigenvalue weighted by Crippen LogP contribution is -2.40. The molecule has 10 heteroatoms. The molecule has 0 aliphatic carbocycles. The smallest absolute Gasteiger partial charge is 0.379 e. The number of benzene rings is 2. The molecule has 2 aromatic carbocycles. The van der Waals surface area contributed by atoms with Crippen LogP contribution in [0.15, 0.2) is 65.6 Å². The maximum absolute atomic E-state index is 13.3. The molecule has 0 radical (unpaired) electrons. The fourth-order valence-electron chi connectivity index (χ4n) is 3.05. The second-order valence-electron chi connectivity index (χ2n) is 6.81. The van der Waals surface area contributed by atoms with Crippen LogP contribution < -0.4 is 5.32 Å². The highest BCUT2D eigenvalue weighted by Crippen LogP contribution is 2.32. The summed E-state index contributed by atoms with van der Waals surface area (Å²) in [6, 6.07) is 10.7. The average Bonchev–Trinajstić information content (AvgIpc) is 2.77. The van der Waals surface area contributed by atoms with Crippen molar-refractivity contribution in [1.29, 1.82) is 0 Å². The van der Waals surface area contributed by atoms with Gasteiger partial charge in [-0.3, -0.25) is 4.79 Å². The molecule has 1 atom stereocenters.